The second-order valence-electron chi connectivity index (χ2n) is 6.97. The van der Waals surface area contributed by atoms with Crippen LogP contribution >= 0.6 is 0 Å². The Morgan fingerprint density at radius 1 is 1.14 bits per heavy atom. The highest BCUT2D eigenvalue weighted by atomic mass is 16.5. The number of amides is 2. The predicted molar refractivity (Wildman–Crippen MR) is 107 cm³/mol. The van der Waals surface area contributed by atoms with Gasteiger partial charge in [-0.1, -0.05) is 6.07 Å². The quantitative estimate of drug-likeness (QED) is 0.747. The van der Waals surface area contributed by atoms with Crippen LogP contribution in [0.25, 0.3) is 0 Å². The summed E-state index contributed by atoms with van der Waals surface area (Å²) in [7, 11) is 1.57. The molecule has 1 fully saturated rings. The Kier molecular flexibility index (Phi) is 6.97. The molecule has 3 rings (SSSR count). The third-order valence-corrected chi connectivity index (χ3v) is 4.94. The van der Waals surface area contributed by atoms with E-state index in [2.05, 4.69) is 26.6 Å². The Labute approximate surface area is 165 Å². The number of nitrogens with zero attached hydrogens (tertiary/aromatic N) is 2. The summed E-state index contributed by atoms with van der Waals surface area (Å²) >= 11 is 0. The summed E-state index contributed by atoms with van der Waals surface area (Å²) in [6, 6.07) is 10.9. The number of carbonyl (C=O) groups is 2. The summed E-state index contributed by atoms with van der Waals surface area (Å²) in [5.41, 5.74) is 1.77. The van der Waals surface area contributed by atoms with E-state index in [0.717, 1.165) is 32.5 Å². The molecule has 0 atom stereocenters. The number of rotatable bonds is 6. The Balaban J connectivity index is 1.37. The molecule has 1 saturated heterocycles. The zero-order valence-corrected chi connectivity index (χ0v) is 16.1. The molecular weight excluding hydrogens is 356 g/mol. The number of methoxy groups -OCH3 is 1. The third-order valence-electron chi connectivity index (χ3n) is 4.94. The van der Waals surface area contributed by atoms with Crippen LogP contribution in [0.3, 0.4) is 0 Å². The van der Waals surface area contributed by atoms with Crippen LogP contribution in [-0.2, 0) is 16.1 Å². The topological polar surface area (TPSA) is 83.6 Å². The van der Waals surface area contributed by atoms with Crippen LogP contribution in [-0.4, -0.2) is 48.4 Å². The molecule has 0 aliphatic carbocycles. The standard InChI is InChI=1S/C21H26N4O3/c1-28-19-6-4-18(5-7-19)24-21(27)20(26)23-14-16-8-11-25(12-9-16)15-17-3-2-10-22-13-17/h2-7,10,13,16H,8-9,11-12,14-15H2,1H3,(H,23,26)(H,24,27). The molecule has 0 unspecified atom stereocenters. The molecule has 2 aromatic rings. The van der Waals surface area contributed by atoms with Gasteiger partial charge in [0.1, 0.15) is 5.75 Å². The summed E-state index contributed by atoms with van der Waals surface area (Å²) in [6.07, 6.45) is 5.68. The van der Waals surface area contributed by atoms with Gasteiger partial charge in [0.25, 0.3) is 0 Å². The Morgan fingerprint density at radius 3 is 2.54 bits per heavy atom. The lowest BCUT2D eigenvalue weighted by atomic mass is 9.96. The maximum atomic E-state index is 12.1. The van der Waals surface area contributed by atoms with Gasteiger partial charge in [-0.05, 0) is 67.7 Å². The first-order valence-corrected chi connectivity index (χ1v) is 9.48. The van der Waals surface area contributed by atoms with E-state index < -0.39 is 11.8 Å². The van der Waals surface area contributed by atoms with Crippen LogP contribution in [0.2, 0.25) is 0 Å². The fraction of sp³-hybridized carbons (Fsp3) is 0.381. The molecule has 7 heteroatoms. The number of nitrogens with one attached hydrogen (secondary N) is 2. The molecule has 0 bridgehead atoms. The van der Waals surface area contributed by atoms with Gasteiger partial charge in [0.05, 0.1) is 7.11 Å². The molecular formula is C21H26N4O3. The van der Waals surface area contributed by atoms with Crippen LogP contribution in [0.5, 0.6) is 5.75 Å². The molecule has 0 saturated carbocycles. The van der Waals surface area contributed by atoms with E-state index in [1.807, 2.05) is 12.3 Å². The van der Waals surface area contributed by atoms with Gasteiger partial charge < -0.3 is 15.4 Å². The minimum Gasteiger partial charge on any atom is -0.497 e. The molecule has 1 aromatic carbocycles. The third kappa shape index (κ3) is 5.79. The molecule has 1 aromatic heterocycles. The average molecular weight is 382 g/mol. The minimum atomic E-state index is -0.654. The van der Waals surface area contributed by atoms with E-state index >= 15 is 0 Å². The molecule has 2 N–H and O–H groups in total. The first-order chi connectivity index (χ1) is 13.6. The van der Waals surface area contributed by atoms with Gasteiger partial charge in [-0.15, -0.1) is 0 Å². The van der Waals surface area contributed by atoms with Gasteiger partial charge >= 0.3 is 11.8 Å². The Hall–Kier alpha value is -2.93. The van der Waals surface area contributed by atoms with E-state index in [-0.39, 0.29) is 0 Å². The van der Waals surface area contributed by atoms with Crippen molar-refractivity contribution in [1.29, 1.82) is 0 Å². The first-order valence-electron chi connectivity index (χ1n) is 9.48. The minimum absolute atomic E-state index is 0.392. The van der Waals surface area contributed by atoms with Crippen LogP contribution in [0.15, 0.2) is 48.8 Å². The molecule has 148 valence electrons. The van der Waals surface area contributed by atoms with Crippen molar-refractivity contribution in [1.82, 2.24) is 15.2 Å². The molecule has 1 aliphatic rings. The lowest BCUT2D eigenvalue weighted by molar-refractivity contribution is -0.136. The normalized spacial score (nSPS) is 15.0. The van der Waals surface area contributed by atoms with Gasteiger partial charge in [-0.2, -0.15) is 0 Å². The summed E-state index contributed by atoms with van der Waals surface area (Å²) in [6.45, 7) is 3.38. The van der Waals surface area contributed by atoms with Gasteiger partial charge in [-0.25, -0.2) is 0 Å². The molecule has 1 aliphatic heterocycles. The van der Waals surface area contributed by atoms with Crippen LogP contribution in [0.1, 0.15) is 18.4 Å². The van der Waals surface area contributed by atoms with Crippen molar-refractivity contribution < 1.29 is 14.3 Å². The summed E-state index contributed by atoms with van der Waals surface area (Å²) in [4.78, 5) is 30.6. The van der Waals surface area contributed by atoms with E-state index in [4.69, 9.17) is 4.74 Å². The van der Waals surface area contributed by atoms with Gasteiger partial charge in [0.2, 0.25) is 0 Å². The van der Waals surface area contributed by atoms with Crippen LogP contribution in [0.4, 0.5) is 5.69 Å². The SMILES string of the molecule is COc1ccc(NC(=O)C(=O)NCC2CCN(Cc3cccnc3)CC2)cc1. The van der Waals surface area contributed by atoms with Gasteiger partial charge in [0.15, 0.2) is 0 Å². The van der Waals surface area contributed by atoms with Crippen molar-refractivity contribution in [3.05, 3.63) is 54.4 Å². The number of hydrogen-bond donors (Lipinski definition) is 2. The summed E-state index contributed by atoms with van der Waals surface area (Å²) in [5, 5.41) is 5.35. The van der Waals surface area contributed by atoms with Crippen molar-refractivity contribution in [2.75, 3.05) is 32.1 Å². The van der Waals surface area contributed by atoms with Gasteiger partial charge in [-0.3, -0.25) is 19.5 Å². The Morgan fingerprint density at radius 2 is 1.89 bits per heavy atom. The van der Waals surface area contributed by atoms with Gasteiger partial charge in [0, 0.05) is 31.2 Å². The number of likely N-dealkylation sites (tertiary alicyclic amines) is 1. The number of ether oxygens (including phenoxy) is 1. The highest BCUT2D eigenvalue weighted by Gasteiger charge is 2.21. The number of anilines is 1. The largest absolute Gasteiger partial charge is 0.497 e. The molecule has 0 radical (unpaired) electrons. The lowest BCUT2D eigenvalue weighted by Gasteiger charge is -2.31. The number of piperidine rings is 1. The monoisotopic (exact) mass is 382 g/mol. The molecule has 28 heavy (non-hydrogen) atoms. The highest BCUT2D eigenvalue weighted by Crippen LogP contribution is 2.18. The van der Waals surface area contributed by atoms with Crippen molar-refractivity contribution in [2.24, 2.45) is 5.92 Å². The van der Waals surface area contributed by atoms with E-state index in [9.17, 15) is 9.59 Å². The molecule has 0 spiro atoms. The summed E-state index contributed by atoms with van der Waals surface area (Å²) in [5.74, 6) is -0.173. The van der Waals surface area contributed by atoms with Crippen LogP contribution < -0.4 is 15.4 Å². The Bertz CT molecular complexity index is 772. The maximum absolute atomic E-state index is 12.1. The fourth-order valence-electron chi connectivity index (χ4n) is 3.28. The molecule has 2 heterocycles. The van der Waals surface area contributed by atoms with E-state index in [1.165, 1.54) is 5.56 Å². The second-order valence-corrected chi connectivity index (χ2v) is 6.97. The average Bonchev–Trinajstić information content (AvgIpc) is 2.74. The predicted octanol–water partition coefficient (Wildman–Crippen LogP) is 2.06. The number of pyridine rings is 1. The van der Waals surface area contributed by atoms with E-state index in [0.29, 0.717) is 23.9 Å². The van der Waals surface area contributed by atoms with Crippen molar-refractivity contribution in [3.63, 3.8) is 0 Å². The van der Waals surface area contributed by atoms with Crippen molar-refractivity contribution in [2.45, 2.75) is 19.4 Å². The summed E-state index contributed by atoms with van der Waals surface area (Å²) < 4.78 is 5.07. The molecule has 2 amide bonds. The second kappa shape index (κ2) is 9.85. The maximum Gasteiger partial charge on any atom is 0.313 e. The zero-order chi connectivity index (χ0) is 19.8. The zero-order valence-electron chi connectivity index (χ0n) is 16.1. The fourth-order valence-corrected chi connectivity index (χ4v) is 3.28. The smallest absolute Gasteiger partial charge is 0.313 e. The first kappa shape index (κ1) is 19.8. The number of carbonyl (C=O) groups excluding carboxylic acids is 2. The van der Waals surface area contributed by atoms with Crippen LogP contribution in [0, 0.1) is 5.92 Å². The van der Waals surface area contributed by atoms with Crippen molar-refractivity contribution >= 4 is 17.5 Å². The van der Waals surface area contributed by atoms with E-state index in [1.54, 1.807) is 37.6 Å². The van der Waals surface area contributed by atoms with Crippen molar-refractivity contribution in [3.8, 4) is 5.75 Å². The number of aromatic nitrogens is 1. The number of hydrogen-bond acceptors (Lipinski definition) is 5. The number of benzene rings is 1. The highest BCUT2D eigenvalue weighted by molar-refractivity contribution is 6.39. The lowest BCUT2D eigenvalue weighted by Crippen LogP contribution is -2.41. The molecule has 7 nitrogen and oxygen atoms in total.